The van der Waals surface area contributed by atoms with Crippen LogP contribution in [0.15, 0.2) is 4.99 Å². The van der Waals surface area contributed by atoms with E-state index in [9.17, 15) is 0 Å². The highest BCUT2D eigenvalue weighted by molar-refractivity contribution is 14.0. The number of guanidine groups is 1. The molecule has 0 amide bonds. The predicted octanol–water partition coefficient (Wildman–Crippen LogP) is 1.30. The highest BCUT2D eigenvalue weighted by Gasteiger charge is 2.19. The first kappa shape index (κ1) is 16.5. The largest absolute Gasteiger partial charge is 0.375 e. The Morgan fingerprint density at radius 1 is 1.59 bits per heavy atom. The molecule has 0 aromatic heterocycles. The third-order valence-electron chi connectivity index (χ3n) is 2.64. The molecule has 1 rings (SSSR count). The van der Waals surface area contributed by atoms with Gasteiger partial charge in [0.05, 0.1) is 12.7 Å². The fourth-order valence-electron chi connectivity index (χ4n) is 1.63. The van der Waals surface area contributed by atoms with Crippen LogP contribution in [0, 0.1) is 18.3 Å². The number of halogens is 1. The monoisotopic (exact) mass is 351 g/mol. The van der Waals surface area contributed by atoms with Crippen LogP contribution in [0.3, 0.4) is 0 Å². The normalized spacial score (nSPS) is 22.9. The molecule has 5 heteroatoms. The second-order valence-corrected chi connectivity index (χ2v) is 4.47. The lowest BCUT2D eigenvalue weighted by atomic mass is 10.1. The second-order valence-electron chi connectivity index (χ2n) is 4.47. The van der Waals surface area contributed by atoms with Gasteiger partial charge in [0.2, 0.25) is 0 Å². The van der Waals surface area contributed by atoms with Gasteiger partial charge in [-0.15, -0.1) is 30.4 Å². The van der Waals surface area contributed by atoms with Gasteiger partial charge in [-0.25, -0.2) is 4.99 Å². The Labute approximate surface area is 121 Å². The van der Waals surface area contributed by atoms with Gasteiger partial charge in [-0.2, -0.15) is 0 Å². The summed E-state index contributed by atoms with van der Waals surface area (Å²) in [6, 6.07) is -0.141. The number of hydrogen-bond acceptors (Lipinski definition) is 2. The molecular weight excluding hydrogens is 329 g/mol. The third kappa shape index (κ3) is 5.13. The van der Waals surface area contributed by atoms with Gasteiger partial charge in [0.1, 0.15) is 6.04 Å². The van der Waals surface area contributed by atoms with Gasteiger partial charge in [-0.3, -0.25) is 0 Å². The Balaban J connectivity index is 0.00000256. The molecule has 98 valence electrons. The van der Waals surface area contributed by atoms with Crippen LogP contribution in [-0.2, 0) is 4.74 Å². The molecule has 0 radical (unpaired) electrons. The number of hydrogen-bond donors (Lipinski definition) is 1. The average Bonchev–Trinajstić information content (AvgIpc) is 2.25. The minimum atomic E-state index is -0.141. The van der Waals surface area contributed by atoms with Gasteiger partial charge in [-0.05, 0) is 12.8 Å². The molecule has 1 saturated heterocycles. The van der Waals surface area contributed by atoms with E-state index in [1.54, 1.807) is 0 Å². The summed E-state index contributed by atoms with van der Waals surface area (Å²) in [7, 11) is 0. The number of morpholine rings is 1. The Hall–Kier alpha value is -0.480. The summed E-state index contributed by atoms with van der Waals surface area (Å²) in [5.41, 5.74) is 5.95. The summed E-state index contributed by atoms with van der Waals surface area (Å²) >= 11 is 0. The summed E-state index contributed by atoms with van der Waals surface area (Å²) in [5, 5.41) is 0. The molecule has 0 aliphatic carbocycles. The highest BCUT2D eigenvalue weighted by Crippen LogP contribution is 2.08. The minimum absolute atomic E-state index is 0. The second kappa shape index (κ2) is 7.77. The molecule has 0 aromatic carbocycles. The molecule has 1 heterocycles. The zero-order chi connectivity index (χ0) is 12.1. The Morgan fingerprint density at radius 3 is 2.71 bits per heavy atom. The van der Waals surface area contributed by atoms with Crippen LogP contribution in [0.1, 0.15) is 20.8 Å². The fraction of sp³-hybridized carbons (Fsp3) is 0.750. The van der Waals surface area contributed by atoms with Crippen LogP contribution in [0.2, 0.25) is 0 Å². The molecule has 17 heavy (non-hydrogen) atoms. The first-order valence-electron chi connectivity index (χ1n) is 5.70. The topological polar surface area (TPSA) is 50.8 Å². The van der Waals surface area contributed by atoms with Gasteiger partial charge >= 0.3 is 0 Å². The fourth-order valence-corrected chi connectivity index (χ4v) is 1.63. The van der Waals surface area contributed by atoms with Crippen molar-refractivity contribution >= 4 is 29.9 Å². The zero-order valence-electron chi connectivity index (χ0n) is 10.7. The number of rotatable bonds is 2. The zero-order valence-corrected chi connectivity index (χ0v) is 13.0. The lowest BCUT2D eigenvalue weighted by Gasteiger charge is -2.32. The summed E-state index contributed by atoms with van der Waals surface area (Å²) in [6.45, 7) is 8.38. The van der Waals surface area contributed by atoms with Crippen molar-refractivity contribution in [2.24, 2.45) is 16.6 Å². The number of nitrogens with zero attached hydrogens (tertiary/aromatic N) is 2. The first-order valence-corrected chi connectivity index (χ1v) is 5.70. The van der Waals surface area contributed by atoms with Crippen LogP contribution in [0.25, 0.3) is 0 Å². The standard InChI is InChI=1S/C12H21N3O.HI/c1-5-11(9(2)3)14-12(13)15-6-7-16-10(4)8-15;/h1,9-11H,6-8H2,2-4H3,(H2,13,14);1H. The van der Waals surface area contributed by atoms with Crippen molar-refractivity contribution in [3.05, 3.63) is 0 Å². The number of terminal acetylenes is 1. The smallest absolute Gasteiger partial charge is 0.192 e. The van der Waals surface area contributed by atoms with E-state index in [4.69, 9.17) is 16.9 Å². The lowest BCUT2D eigenvalue weighted by molar-refractivity contribution is 0.00523. The van der Waals surface area contributed by atoms with E-state index < -0.39 is 0 Å². The summed E-state index contributed by atoms with van der Waals surface area (Å²) in [5.74, 6) is 3.50. The maximum Gasteiger partial charge on any atom is 0.192 e. The van der Waals surface area contributed by atoms with Crippen LogP contribution in [-0.4, -0.2) is 42.7 Å². The molecule has 0 aromatic rings. The molecule has 0 spiro atoms. The van der Waals surface area contributed by atoms with Crippen LogP contribution in [0.5, 0.6) is 0 Å². The highest BCUT2D eigenvalue weighted by atomic mass is 127. The molecule has 2 atom stereocenters. The predicted molar refractivity (Wildman–Crippen MR) is 81.5 cm³/mol. The molecule has 1 fully saturated rings. The van der Waals surface area contributed by atoms with Crippen molar-refractivity contribution in [1.82, 2.24) is 4.90 Å². The molecule has 0 bridgehead atoms. The van der Waals surface area contributed by atoms with Crippen molar-refractivity contribution in [2.45, 2.75) is 32.9 Å². The van der Waals surface area contributed by atoms with Gasteiger partial charge in [0.25, 0.3) is 0 Å². The van der Waals surface area contributed by atoms with Crippen molar-refractivity contribution < 1.29 is 4.74 Å². The van der Waals surface area contributed by atoms with Gasteiger partial charge in [0, 0.05) is 13.1 Å². The van der Waals surface area contributed by atoms with Crippen LogP contribution in [0.4, 0.5) is 0 Å². The van der Waals surface area contributed by atoms with E-state index in [1.165, 1.54) is 0 Å². The Morgan fingerprint density at radius 2 is 2.24 bits per heavy atom. The maximum atomic E-state index is 5.95. The lowest BCUT2D eigenvalue weighted by Crippen LogP contribution is -2.48. The third-order valence-corrected chi connectivity index (χ3v) is 2.64. The molecule has 4 nitrogen and oxygen atoms in total. The number of ether oxygens (including phenoxy) is 1. The SMILES string of the molecule is C#CC(N=C(N)N1CCOC(C)C1)C(C)C.I. The Kier molecular flexibility index (Phi) is 7.55. The van der Waals surface area contributed by atoms with Crippen molar-refractivity contribution in [3.8, 4) is 12.3 Å². The first-order chi connectivity index (χ1) is 7.54. The number of nitrogens with two attached hydrogens (primary N) is 1. The number of aliphatic imine (C=N–C) groups is 1. The van der Waals surface area contributed by atoms with Crippen molar-refractivity contribution in [1.29, 1.82) is 0 Å². The van der Waals surface area contributed by atoms with Crippen LogP contribution < -0.4 is 5.73 Å². The van der Waals surface area contributed by atoms with Gasteiger partial charge < -0.3 is 15.4 Å². The van der Waals surface area contributed by atoms with Crippen molar-refractivity contribution in [2.75, 3.05) is 19.7 Å². The molecular formula is C12H22IN3O. The quantitative estimate of drug-likeness (QED) is 0.353. The van der Waals surface area contributed by atoms with Crippen LogP contribution >= 0.6 is 24.0 Å². The van der Waals surface area contributed by atoms with Gasteiger partial charge in [-0.1, -0.05) is 19.8 Å². The molecule has 0 saturated carbocycles. The van der Waals surface area contributed by atoms with Crippen molar-refractivity contribution in [3.63, 3.8) is 0 Å². The van der Waals surface area contributed by atoms with Gasteiger partial charge in [0.15, 0.2) is 5.96 Å². The summed E-state index contributed by atoms with van der Waals surface area (Å²) < 4.78 is 5.44. The van der Waals surface area contributed by atoms with E-state index in [0.29, 0.717) is 18.5 Å². The molecule has 1 aliphatic heterocycles. The van der Waals surface area contributed by atoms with E-state index in [2.05, 4.69) is 10.9 Å². The van der Waals surface area contributed by atoms with E-state index >= 15 is 0 Å². The van der Waals surface area contributed by atoms with E-state index in [-0.39, 0.29) is 36.1 Å². The summed E-state index contributed by atoms with van der Waals surface area (Å²) in [6.07, 6.45) is 5.62. The summed E-state index contributed by atoms with van der Waals surface area (Å²) in [4.78, 5) is 6.41. The molecule has 1 aliphatic rings. The average molecular weight is 351 g/mol. The molecule has 2 N–H and O–H groups in total. The molecule has 2 unspecified atom stereocenters. The Bertz CT molecular complexity index is 299. The minimum Gasteiger partial charge on any atom is -0.375 e. The van der Waals surface area contributed by atoms with E-state index in [1.807, 2.05) is 25.7 Å². The van der Waals surface area contributed by atoms with E-state index in [0.717, 1.165) is 13.1 Å². The maximum absolute atomic E-state index is 5.95.